The summed E-state index contributed by atoms with van der Waals surface area (Å²) in [5, 5.41) is 17.5. The molecule has 0 aliphatic carbocycles. The van der Waals surface area contributed by atoms with Crippen LogP contribution in [0.25, 0.3) is 21.7 Å². The lowest BCUT2D eigenvalue weighted by atomic mass is 10.0. The van der Waals surface area contributed by atoms with Gasteiger partial charge < -0.3 is 9.84 Å². The van der Waals surface area contributed by atoms with E-state index in [1.165, 1.54) is 24.3 Å². The van der Waals surface area contributed by atoms with Gasteiger partial charge in [0.1, 0.15) is 17.7 Å². The summed E-state index contributed by atoms with van der Waals surface area (Å²) in [7, 11) is 0. The molecule has 0 atom stereocenters. The Morgan fingerprint density at radius 3 is 2.54 bits per heavy atom. The quantitative estimate of drug-likeness (QED) is 0.608. The fourth-order valence-electron chi connectivity index (χ4n) is 2.21. The van der Waals surface area contributed by atoms with Crippen LogP contribution in [0, 0.1) is 23.0 Å². The van der Waals surface area contributed by atoms with Crippen molar-refractivity contribution in [3.63, 3.8) is 0 Å². The average molecular weight is 393 g/mol. The molecule has 0 fully saturated rings. The van der Waals surface area contributed by atoms with Crippen molar-refractivity contribution in [2.75, 3.05) is 0 Å². The third kappa shape index (κ3) is 3.49. The highest BCUT2D eigenvalue weighted by atomic mass is 35.5. The van der Waals surface area contributed by atoms with Gasteiger partial charge in [0.2, 0.25) is 0 Å². The van der Waals surface area contributed by atoms with Crippen LogP contribution < -0.4 is 4.74 Å². The number of carbonyl (C=O) groups is 1. The zero-order valence-electron chi connectivity index (χ0n) is 12.7. The molecular formula is C17H7ClF2N2O3S. The van der Waals surface area contributed by atoms with Crippen LogP contribution in [0.15, 0.2) is 36.4 Å². The lowest BCUT2D eigenvalue weighted by molar-refractivity contribution is 0.144. The maximum atomic E-state index is 13.6. The minimum Gasteiger partial charge on any atom is -0.449 e. The molecule has 0 radical (unpaired) electrons. The number of benzene rings is 2. The molecule has 9 heteroatoms. The van der Waals surface area contributed by atoms with E-state index < -0.39 is 17.8 Å². The number of ether oxygens (including phenoxy) is 1. The first kappa shape index (κ1) is 17.8. The third-order valence-corrected chi connectivity index (χ3v) is 4.60. The van der Waals surface area contributed by atoms with Crippen molar-refractivity contribution in [3.05, 3.63) is 58.6 Å². The van der Waals surface area contributed by atoms with Crippen LogP contribution in [0.3, 0.4) is 0 Å². The predicted molar refractivity (Wildman–Crippen MR) is 91.3 cm³/mol. The van der Waals surface area contributed by atoms with Gasteiger partial charge in [-0.1, -0.05) is 29.0 Å². The fraction of sp³-hybridized carbons (Fsp3) is 0. The molecule has 0 aliphatic heterocycles. The topological polar surface area (TPSA) is 83.2 Å². The minimum atomic E-state index is -1.55. The summed E-state index contributed by atoms with van der Waals surface area (Å²) in [6.07, 6.45) is -1.55. The number of rotatable bonds is 3. The third-order valence-electron chi connectivity index (χ3n) is 3.32. The molecule has 0 spiro atoms. The van der Waals surface area contributed by atoms with E-state index >= 15 is 0 Å². The highest BCUT2D eigenvalue weighted by molar-refractivity contribution is 7.17. The van der Waals surface area contributed by atoms with Gasteiger partial charge in [-0.2, -0.15) is 5.26 Å². The lowest BCUT2D eigenvalue weighted by Gasteiger charge is -2.05. The van der Waals surface area contributed by atoms with Crippen molar-refractivity contribution < 1.29 is 23.4 Å². The van der Waals surface area contributed by atoms with Gasteiger partial charge in [0.15, 0.2) is 0 Å². The molecule has 3 rings (SSSR count). The highest BCUT2D eigenvalue weighted by Crippen LogP contribution is 2.41. The van der Waals surface area contributed by atoms with E-state index in [1.807, 2.05) is 0 Å². The Kier molecular flexibility index (Phi) is 4.84. The molecule has 1 heterocycles. The largest absolute Gasteiger partial charge is 0.513 e. The van der Waals surface area contributed by atoms with Crippen molar-refractivity contribution >= 4 is 29.1 Å². The van der Waals surface area contributed by atoms with Crippen LogP contribution in [-0.4, -0.2) is 16.2 Å². The number of halogens is 3. The summed E-state index contributed by atoms with van der Waals surface area (Å²) in [4.78, 5) is 15.3. The standard InChI is InChI=1S/C17H7ClF2N2O3S/c18-11-6-8(1-4-13(11)20)14-15(26-16(22-14)25-17(23)24)9-2-3-12(19)10(5-9)7-21/h1-6H,(H,23,24). The summed E-state index contributed by atoms with van der Waals surface area (Å²) >= 11 is 6.69. The first-order chi connectivity index (χ1) is 12.4. The molecule has 1 aromatic heterocycles. The number of hydrogen-bond acceptors (Lipinski definition) is 5. The molecule has 26 heavy (non-hydrogen) atoms. The van der Waals surface area contributed by atoms with E-state index in [9.17, 15) is 13.6 Å². The first-order valence-corrected chi connectivity index (χ1v) is 8.15. The molecule has 1 N–H and O–H groups in total. The van der Waals surface area contributed by atoms with E-state index in [-0.39, 0.29) is 21.5 Å². The van der Waals surface area contributed by atoms with Gasteiger partial charge in [-0.25, -0.2) is 18.6 Å². The molecule has 0 aliphatic rings. The minimum absolute atomic E-state index is 0.140. The van der Waals surface area contributed by atoms with Gasteiger partial charge in [-0.05, 0) is 35.9 Å². The normalized spacial score (nSPS) is 10.4. The summed E-state index contributed by atoms with van der Waals surface area (Å²) in [5.74, 6) is -1.31. The zero-order chi connectivity index (χ0) is 18.8. The molecule has 3 aromatic rings. The van der Waals surface area contributed by atoms with Crippen molar-refractivity contribution in [1.29, 1.82) is 5.26 Å². The average Bonchev–Trinajstić information content (AvgIpc) is 3.00. The Morgan fingerprint density at radius 2 is 1.88 bits per heavy atom. The second-order valence-corrected chi connectivity index (χ2v) is 6.33. The number of hydrogen-bond donors (Lipinski definition) is 1. The number of aromatic nitrogens is 1. The van der Waals surface area contributed by atoms with Crippen LogP contribution in [0.2, 0.25) is 5.02 Å². The van der Waals surface area contributed by atoms with E-state index in [2.05, 4.69) is 9.72 Å². The van der Waals surface area contributed by atoms with E-state index in [1.54, 1.807) is 6.07 Å². The molecule has 5 nitrogen and oxygen atoms in total. The van der Waals surface area contributed by atoms with Crippen LogP contribution in [0.4, 0.5) is 13.6 Å². The Balaban J connectivity index is 2.20. The Bertz CT molecular complexity index is 1060. The molecule has 0 bridgehead atoms. The molecular weight excluding hydrogens is 386 g/mol. The van der Waals surface area contributed by atoms with Crippen LogP contribution >= 0.6 is 22.9 Å². The molecule has 2 aromatic carbocycles. The van der Waals surface area contributed by atoms with Crippen LogP contribution in [0.5, 0.6) is 5.19 Å². The summed E-state index contributed by atoms with van der Waals surface area (Å²) < 4.78 is 31.6. The summed E-state index contributed by atoms with van der Waals surface area (Å²) in [5.41, 5.74) is 0.921. The van der Waals surface area contributed by atoms with Crippen molar-refractivity contribution in [3.8, 4) is 33.0 Å². The van der Waals surface area contributed by atoms with Crippen molar-refractivity contribution in [2.24, 2.45) is 0 Å². The van der Waals surface area contributed by atoms with E-state index in [0.29, 0.717) is 16.0 Å². The van der Waals surface area contributed by atoms with Crippen molar-refractivity contribution in [2.45, 2.75) is 0 Å². The fourth-order valence-corrected chi connectivity index (χ4v) is 3.32. The van der Waals surface area contributed by atoms with Gasteiger partial charge in [-0.3, -0.25) is 0 Å². The van der Waals surface area contributed by atoms with Gasteiger partial charge >= 0.3 is 6.16 Å². The number of carboxylic acid groups (broad SMARTS) is 1. The van der Waals surface area contributed by atoms with Crippen LogP contribution in [-0.2, 0) is 0 Å². The SMILES string of the molecule is N#Cc1cc(-c2sc(OC(=O)O)nc2-c2ccc(F)c(Cl)c2)ccc1F. The van der Waals surface area contributed by atoms with Gasteiger partial charge in [0.25, 0.3) is 5.19 Å². The molecule has 0 saturated carbocycles. The summed E-state index contributed by atoms with van der Waals surface area (Å²) in [6.45, 7) is 0. The second kappa shape index (κ2) is 7.07. The maximum Gasteiger partial charge on any atom is 0.513 e. The van der Waals surface area contributed by atoms with Gasteiger partial charge in [-0.15, -0.1) is 0 Å². The van der Waals surface area contributed by atoms with Crippen molar-refractivity contribution in [1.82, 2.24) is 4.98 Å². The molecule has 0 unspecified atom stereocenters. The predicted octanol–water partition coefficient (Wildman–Crippen LogP) is 5.34. The zero-order valence-corrected chi connectivity index (χ0v) is 14.2. The van der Waals surface area contributed by atoms with Crippen LogP contribution in [0.1, 0.15) is 5.56 Å². The molecule has 0 amide bonds. The molecule has 0 saturated heterocycles. The second-order valence-electron chi connectivity index (χ2n) is 4.96. The number of nitrogens with zero attached hydrogens (tertiary/aromatic N) is 2. The van der Waals surface area contributed by atoms with E-state index in [4.69, 9.17) is 22.0 Å². The highest BCUT2D eigenvalue weighted by Gasteiger charge is 2.19. The Labute approximate surface area is 154 Å². The lowest BCUT2D eigenvalue weighted by Crippen LogP contribution is -2.02. The number of thiazole rings is 1. The number of nitriles is 1. The summed E-state index contributed by atoms with van der Waals surface area (Å²) in [6, 6.07) is 9.46. The Morgan fingerprint density at radius 1 is 1.19 bits per heavy atom. The van der Waals surface area contributed by atoms with E-state index in [0.717, 1.165) is 23.5 Å². The smallest absolute Gasteiger partial charge is 0.449 e. The van der Waals surface area contributed by atoms with Gasteiger partial charge in [0.05, 0.1) is 21.2 Å². The maximum absolute atomic E-state index is 13.6. The first-order valence-electron chi connectivity index (χ1n) is 6.96. The molecule has 130 valence electrons. The monoisotopic (exact) mass is 392 g/mol. The Hall–Kier alpha value is -3.02. The van der Waals surface area contributed by atoms with Gasteiger partial charge in [0, 0.05) is 5.56 Å².